The fraction of sp³-hybridized carbons (Fsp3) is 0.409. The summed E-state index contributed by atoms with van der Waals surface area (Å²) in [5.74, 6) is 0.614. The van der Waals surface area contributed by atoms with E-state index in [1.165, 1.54) is 0 Å². The van der Waals surface area contributed by atoms with Crippen molar-refractivity contribution < 1.29 is 14.3 Å². The zero-order valence-electron chi connectivity index (χ0n) is 16.1. The standard InChI is InChI=1S/C22H28N2O3/c1-17-12-18(2)14-20(13-17)27-16-22(25)23-21(19-6-4-3-5-7-19)15-24-8-10-26-11-9-24/h3-7,12-14,21H,8-11,15-16H2,1-2H3,(H,23,25)/t21-/m1/s1. The third-order valence-corrected chi connectivity index (χ3v) is 4.65. The first-order valence-electron chi connectivity index (χ1n) is 9.45. The van der Waals surface area contributed by atoms with Crippen molar-refractivity contribution >= 4 is 5.91 Å². The maximum atomic E-state index is 12.5. The van der Waals surface area contributed by atoms with Gasteiger partial charge >= 0.3 is 0 Å². The van der Waals surface area contributed by atoms with Crippen molar-refractivity contribution in [2.45, 2.75) is 19.9 Å². The topological polar surface area (TPSA) is 50.8 Å². The van der Waals surface area contributed by atoms with Crippen molar-refractivity contribution in [3.63, 3.8) is 0 Å². The summed E-state index contributed by atoms with van der Waals surface area (Å²) in [6.07, 6.45) is 0. The number of morpholine rings is 1. The maximum Gasteiger partial charge on any atom is 0.258 e. The Kier molecular flexibility index (Phi) is 6.85. The highest BCUT2D eigenvalue weighted by atomic mass is 16.5. The van der Waals surface area contributed by atoms with Crippen LogP contribution in [0.25, 0.3) is 0 Å². The van der Waals surface area contributed by atoms with Crippen molar-refractivity contribution in [1.29, 1.82) is 0 Å². The summed E-state index contributed by atoms with van der Waals surface area (Å²) in [6, 6.07) is 16.0. The Morgan fingerprint density at radius 1 is 1.11 bits per heavy atom. The van der Waals surface area contributed by atoms with Crippen LogP contribution in [0.3, 0.4) is 0 Å². The van der Waals surface area contributed by atoms with Crippen LogP contribution in [0.4, 0.5) is 0 Å². The summed E-state index contributed by atoms with van der Waals surface area (Å²) in [4.78, 5) is 14.9. The van der Waals surface area contributed by atoms with E-state index in [2.05, 4.69) is 28.4 Å². The molecule has 1 saturated heterocycles. The SMILES string of the molecule is Cc1cc(C)cc(OCC(=O)N[C@H](CN2CCOCC2)c2ccccc2)c1. The van der Waals surface area contributed by atoms with Crippen LogP contribution in [0.15, 0.2) is 48.5 Å². The van der Waals surface area contributed by atoms with Gasteiger partial charge in [0.2, 0.25) is 0 Å². The van der Waals surface area contributed by atoms with Crippen LogP contribution in [-0.2, 0) is 9.53 Å². The van der Waals surface area contributed by atoms with Crippen molar-refractivity contribution in [2.24, 2.45) is 0 Å². The molecule has 27 heavy (non-hydrogen) atoms. The average Bonchev–Trinajstić information content (AvgIpc) is 2.67. The molecule has 5 nitrogen and oxygen atoms in total. The number of nitrogens with one attached hydrogen (secondary N) is 1. The van der Waals surface area contributed by atoms with E-state index in [4.69, 9.17) is 9.47 Å². The van der Waals surface area contributed by atoms with Gasteiger partial charge in [0.15, 0.2) is 6.61 Å². The largest absolute Gasteiger partial charge is 0.484 e. The van der Waals surface area contributed by atoms with E-state index >= 15 is 0 Å². The van der Waals surface area contributed by atoms with Crippen molar-refractivity contribution in [2.75, 3.05) is 39.5 Å². The van der Waals surface area contributed by atoms with Crippen LogP contribution in [0.2, 0.25) is 0 Å². The molecule has 0 bridgehead atoms. The zero-order valence-corrected chi connectivity index (χ0v) is 16.1. The number of nitrogens with zero attached hydrogens (tertiary/aromatic N) is 1. The number of ether oxygens (including phenoxy) is 2. The number of amides is 1. The monoisotopic (exact) mass is 368 g/mol. The number of aryl methyl sites for hydroxylation is 2. The minimum atomic E-state index is -0.115. The van der Waals surface area contributed by atoms with Gasteiger partial charge in [0.05, 0.1) is 19.3 Å². The second-order valence-electron chi connectivity index (χ2n) is 7.06. The Morgan fingerprint density at radius 2 is 1.78 bits per heavy atom. The molecule has 1 heterocycles. The Balaban J connectivity index is 1.61. The van der Waals surface area contributed by atoms with Gasteiger partial charge in [-0.2, -0.15) is 0 Å². The van der Waals surface area contributed by atoms with Crippen LogP contribution in [0, 0.1) is 13.8 Å². The molecule has 1 aliphatic heterocycles. The van der Waals surface area contributed by atoms with Gasteiger partial charge in [-0.1, -0.05) is 36.4 Å². The Hall–Kier alpha value is -2.37. The van der Waals surface area contributed by atoms with Gasteiger partial charge in [-0.25, -0.2) is 0 Å². The minimum Gasteiger partial charge on any atom is -0.484 e. The summed E-state index contributed by atoms with van der Waals surface area (Å²) in [7, 11) is 0. The maximum absolute atomic E-state index is 12.5. The van der Waals surface area contributed by atoms with Crippen molar-refractivity contribution in [3.8, 4) is 5.75 Å². The molecule has 0 spiro atoms. The lowest BCUT2D eigenvalue weighted by Crippen LogP contribution is -2.44. The lowest BCUT2D eigenvalue weighted by Gasteiger charge is -2.31. The molecule has 5 heteroatoms. The van der Waals surface area contributed by atoms with Gasteiger partial charge in [-0.3, -0.25) is 9.69 Å². The van der Waals surface area contributed by atoms with Gasteiger partial charge in [-0.05, 0) is 42.7 Å². The normalized spacial score (nSPS) is 15.9. The Bertz CT molecular complexity index is 722. The molecule has 3 rings (SSSR count). The number of rotatable bonds is 7. The van der Waals surface area contributed by atoms with E-state index in [9.17, 15) is 4.79 Å². The average molecular weight is 368 g/mol. The van der Waals surface area contributed by atoms with E-state index in [1.807, 2.05) is 44.2 Å². The van der Waals surface area contributed by atoms with Gasteiger partial charge in [0.1, 0.15) is 5.75 Å². The van der Waals surface area contributed by atoms with E-state index < -0.39 is 0 Å². The van der Waals surface area contributed by atoms with Crippen LogP contribution >= 0.6 is 0 Å². The van der Waals surface area contributed by atoms with Crippen molar-refractivity contribution in [3.05, 3.63) is 65.2 Å². The molecule has 1 atom stereocenters. The van der Waals surface area contributed by atoms with E-state index in [1.54, 1.807) is 0 Å². The van der Waals surface area contributed by atoms with Gasteiger partial charge < -0.3 is 14.8 Å². The predicted molar refractivity (Wildman–Crippen MR) is 106 cm³/mol. The molecule has 1 aliphatic rings. The number of hydrogen-bond donors (Lipinski definition) is 1. The molecule has 0 aromatic heterocycles. The van der Waals surface area contributed by atoms with Crippen LogP contribution < -0.4 is 10.1 Å². The second-order valence-corrected chi connectivity index (χ2v) is 7.06. The molecule has 1 fully saturated rings. The lowest BCUT2D eigenvalue weighted by atomic mass is 10.1. The van der Waals surface area contributed by atoms with Crippen molar-refractivity contribution in [1.82, 2.24) is 10.2 Å². The summed E-state index contributed by atoms with van der Waals surface area (Å²) in [5, 5.41) is 3.13. The lowest BCUT2D eigenvalue weighted by molar-refractivity contribution is -0.124. The van der Waals surface area contributed by atoms with Gasteiger partial charge in [0, 0.05) is 19.6 Å². The van der Waals surface area contributed by atoms with Crippen LogP contribution in [0.5, 0.6) is 5.75 Å². The van der Waals surface area contributed by atoms with Crippen LogP contribution in [0.1, 0.15) is 22.7 Å². The molecule has 2 aromatic rings. The molecule has 0 radical (unpaired) electrons. The highest BCUT2D eigenvalue weighted by Gasteiger charge is 2.20. The molecule has 1 N–H and O–H groups in total. The number of carbonyl (C=O) groups excluding carboxylic acids is 1. The van der Waals surface area contributed by atoms with Crippen LogP contribution in [-0.4, -0.2) is 50.3 Å². The quantitative estimate of drug-likeness (QED) is 0.817. The highest BCUT2D eigenvalue weighted by Crippen LogP contribution is 2.17. The molecule has 144 valence electrons. The molecule has 0 unspecified atom stereocenters. The first-order chi connectivity index (χ1) is 13.1. The summed E-state index contributed by atoms with van der Waals surface area (Å²) in [5.41, 5.74) is 3.35. The molecular weight excluding hydrogens is 340 g/mol. The third-order valence-electron chi connectivity index (χ3n) is 4.65. The molecule has 0 saturated carbocycles. The minimum absolute atomic E-state index is 0.00926. The summed E-state index contributed by atoms with van der Waals surface area (Å²) in [6.45, 7) is 8.08. The first-order valence-corrected chi connectivity index (χ1v) is 9.45. The third kappa shape index (κ3) is 6.08. The summed E-state index contributed by atoms with van der Waals surface area (Å²) < 4.78 is 11.1. The van der Waals surface area contributed by atoms with E-state index in [-0.39, 0.29) is 18.6 Å². The molecule has 1 amide bonds. The number of benzene rings is 2. The second kappa shape index (κ2) is 9.53. The van der Waals surface area contributed by atoms with Gasteiger partial charge in [-0.15, -0.1) is 0 Å². The molecule has 0 aliphatic carbocycles. The first kappa shape index (κ1) is 19.4. The number of carbonyl (C=O) groups is 1. The summed E-state index contributed by atoms with van der Waals surface area (Å²) >= 11 is 0. The Labute approximate surface area is 161 Å². The fourth-order valence-corrected chi connectivity index (χ4v) is 3.36. The Morgan fingerprint density at radius 3 is 2.44 bits per heavy atom. The van der Waals surface area contributed by atoms with E-state index in [0.29, 0.717) is 0 Å². The smallest absolute Gasteiger partial charge is 0.258 e. The number of hydrogen-bond acceptors (Lipinski definition) is 4. The fourth-order valence-electron chi connectivity index (χ4n) is 3.36. The predicted octanol–water partition coefficient (Wildman–Crippen LogP) is 2.87. The van der Waals surface area contributed by atoms with E-state index in [0.717, 1.165) is 55.3 Å². The highest BCUT2D eigenvalue weighted by molar-refractivity contribution is 5.78. The zero-order chi connectivity index (χ0) is 19.1. The van der Waals surface area contributed by atoms with Gasteiger partial charge in [0.25, 0.3) is 5.91 Å². The molecule has 2 aromatic carbocycles. The molecular formula is C22H28N2O3.